The molecule has 0 spiro atoms. The first kappa shape index (κ1) is 10.5. The Kier molecular flexibility index (Phi) is 4.18. The summed E-state index contributed by atoms with van der Waals surface area (Å²) in [5, 5.41) is 11.6. The molecular weight excluding hydrogens is 170 g/mol. The van der Waals surface area contributed by atoms with Gasteiger partial charge in [-0.1, -0.05) is 0 Å². The number of hydrogen-bond acceptors (Lipinski definition) is 3. The Hall–Kier alpha value is -0.610. The molecule has 1 aliphatic heterocycles. The molecule has 0 amide bonds. The summed E-state index contributed by atoms with van der Waals surface area (Å²) in [6.45, 7) is 1.56. The number of ether oxygens (including phenoxy) is 1. The molecule has 1 fully saturated rings. The third-order valence-electron chi connectivity index (χ3n) is 2.56. The summed E-state index contributed by atoms with van der Waals surface area (Å²) in [4.78, 5) is 10.7. The minimum Gasteiger partial charge on any atom is -0.480 e. The van der Waals surface area contributed by atoms with Crippen LogP contribution < -0.4 is 5.32 Å². The van der Waals surface area contributed by atoms with Gasteiger partial charge in [0, 0.05) is 13.2 Å². The maximum absolute atomic E-state index is 10.7. The summed E-state index contributed by atoms with van der Waals surface area (Å²) >= 11 is 0. The maximum Gasteiger partial charge on any atom is 0.320 e. The van der Waals surface area contributed by atoms with Gasteiger partial charge < -0.3 is 15.2 Å². The summed E-state index contributed by atoms with van der Waals surface area (Å²) in [5.41, 5.74) is 0. The molecule has 76 valence electrons. The van der Waals surface area contributed by atoms with Crippen LogP contribution in [0.3, 0.4) is 0 Å². The molecule has 1 heterocycles. The number of aliphatic carboxylic acids is 1. The van der Waals surface area contributed by atoms with E-state index in [0.29, 0.717) is 5.92 Å². The average molecular weight is 187 g/mol. The summed E-state index contributed by atoms with van der Waals surface area (Å²) < 4.78 is 5.21. The van der Waals surface area contributed by atoms with Gasteiger partial charge in [-0.2, -0.15) is 0 Å². The second-order valence-electron chi connectivity index (χ2n) is 3.47. The fraction of sp³-hybridized carbons (Fsp3) is 0.889. The van der Waals surface area contributed by atoms with E-state index >= 15 is 0 Å². The highest BCUT2D eigenvalue weighted by Gasteiger charge is 2.22. The van der Waals surface area contributed by atoms with Gasteiger partial charge in [0.2, 0.25) is 0 Å². The molecule has 0 aromatic rings. The van der Waals surface area contributed by atoms with Crippen molar-refractivity contribution in [3.8, 4) is 0 Å². The van der Waals surface area contributed by atoms with Crippen molar-refractivity contribution in [2.75, 3.05) is 20.3 Å². The highest BCUT2D eigenvalue weighted by molar-refractivity contribution is 5.73. The molecule has 0 saturated carbocycles. The summed E-state index contributed by atoms with van der Waals surface area (Å²) in [6, 6.07) is -0.400. The predicted molar refractivity (Wildman–Crippen MR) is 48.6 cm³/mol. The average Bonchev–Trinajstić information content (AvgIpc) is 2.15. The van der Waals surface area contributed by atoms with Crippen molar-refractivity contribution < 1.29 is 14.6 Å². The van der Waals surface area contributed by atoms with Gasteiger partial charge in [-0.05, 0) is 32.2 Å². The van der Waals surface area contributed by atoms with E-state index in [0.717, 1.165) is 32.5 Å². The van der Waals surface area contributed by atoms with Crippen molar-refractivity contribution in [2.24, 2.45) is 5.92 Å². The number of rotatable bonds is 4. The van der Waals surface area contributed by atoms with E-state index < -0.39 is 12.0 Å². The zero-order valence-corrected chi connectivity index (χ0v) is 7.95. The number of carbonyl (C=O) groups is 1. The maximum atomic E-state index is 10.7. The molecule has 1 aliphatic rings. The zero-order valence-electron chi connectivity index (χ0n) is 7.95. The van der Waals surface area contributed by atoms with Gasteiger partial charge >= 0.3 is 5.97 Å². The third-order valence-corrected chi connectivity index (χ3v) is 2.56. The standard InChI is InChI=1S/C9H17NO3/c1-10-8(9(11)12)6-7-2-4-13-5-3-7/h7-8,10H,2-6H2,1H3,(H,11,12). The number of nitrogens with one attached hydrogen (secondary N) is 1. The number of carboxylic acid groups (broad SMARTS) is 1. The minimum absolute atomic E-state index is 0.400. The van der Waals surface area contributed by atoms with E-state index in [1.807, 2.05) is 0 Å². The number of hydrogen-bond donors (Lipinski definition) is 2. The topological polar surface area (TPSA) is 58.6 Å². The Labute approximate surface area is 78.3 Å². The highest BCUT2D eigenvalue weighted by Crippen LogP contribution is 2.19. The molecule has 0 radical (unpaired) electrons. The lowest BCUT2D eigenvalue weighted by Gasteiger charge is -2.24. The van der Waals surface area contributed by atoms with Crippen molar-refractivity contribution in [3.05, 3.63) is 0 Å². The molecule has 2 N–H and O–H groups in total. The number of likely N-dealkylation sites (N-methyl/N-ethyl adjacent to an activating group) is 1. The van der Waals surface area contributed by atoms with Crippen LogP contribution in [0.15, 0.2) is 0 Å². The second kappa shape index (κ2) is 5.19. The fourth-order valence-corrected chi connectivity index (χ4v) is 1.66. The van der Waals surface area contributed by atoms with E-state index in [4.69, 9.17) is 9.84 Å². The van der Waals surface area contributed by atoms with Crippen LogP contribution in [0.1, 0.15) is 19.3 Å². The van der Waals surface area contributed by atoms with Crippen molar-refractivity contribution >= 4 is 5.97 Å². The molecule has 0 aromatic heterocycles. The van der Waals surface area contributed by atoms with Crippen LogP contribution in [-0.4, -0.2) is 37.4 Å². The van der Waals surface area contributed by atoms with Gasteiger partial charge in [0.15, 0.2) is 0 Å². The largest absolute Gasteiger partial charge is 0.480 e. The monoisotopic (exact) mass is 187 g/mol. The first-order valence-electron chi connectivity index (χ1n) is 4.72. The van der Waals surface area contributed by atoms with E-state index in [2.05, 4.69) is 5.32 Å². The SMILES string of the molecule is CNC(CC1CCOCC1)C(=O)O. The summed E-state index contributed by atoms with van der Waals surface area (Å²) in [7, 11) is 1.69. The van der Waals surface area contributed by atoms with Gasteiger partial charge in [0.25, 0.3) is 0 Å². The molecule has 1 atom stereocenters. The van der Waals surface area contributed by atoms with Gasteiger partial charge in [0.05, 0.1) is 0 Å². The Bertz CT molecular complexity index is 166. The summed E-state index contributed by atoms with van der Waals surface area (Å²) in [5.74, 6) is -0.253. The van der Waals surface area contributed by atoms with Gasteiger partial charge in [-0.3, -0.25) is 4.79 Å². The van der Waals surface area contributed by atoms with E-state index in [-0.39, 0.29) is 0 Å². The molecule has 0 aliphatic carbocycles. The zero-order chi connectivity index (χ0) is 9.68. The van der Waals surface area contributed by atoms with E-state index in [1.165, 1.54) is 0 Å². The first-order chi connectivity index (χ1) is 6.24. The first-order valence-corrected chi connectivity index (χ1v) is 4.72. The van der Waals surface area contributed by atoms with Crippen LogP contribution in [0, 0.1) is 5.92 Å². The fourth-order valence-electron chi connectivity index (χ4n) is 1.66. The highest BCUT2D eigenvalue weighted by atomic mass is 16.5. The molecule has 4 heteroatoms. The lowest BCUT2D eigenvalue weighted by Crippen LogP contribution is -2.36. The Morgan fingerprint density at radius 1 is 1.62 bits per heavy atom. The van der Waals surface area contributed by atoms with Crippen molar-refractivity contribution in [1.82, 2.24) is 5.32 Å². The van der Waals surface area contributed by atoms with Gasteiger partial charge in [0.1, 0.15) is 6.04 Å². The Morgan fingerprint density at radius 3 is 2.69 bits per heavy atom. The van der Waals surface area contributed by atoms with E-state index in [1.54, 1.807) is 7.05 Å². The van der Waals surface area contributed by atoms with E-state index in [9.17, 15) is 4.79 Å². The Morgan fingerprint density at radius 2 is 2.23 bits per heavy atom. The normalized spacial score (nSPS) is 21.3. The van der Waals surface area contributed by atoms with Crippen molar-refractivity contribution in [2.45, 2.75) is 25.3 Å². The van der Waals surface area contributed by atoms with Crippen molar-refractivity contribution in [3.63, 3.8) is 0 Å². The molecule has 13 heavy (non-hydrogen) atoms. The minimum atomic E-state index is -0.756. The second-order valence-corrected chi connectivity index (χ2v) is 3.47. The molecule has 1 unspecified atom stereocenters. The van der Waals surface area contributed by atoms with Gasteiger partial charge in [-0.15, -0.1) is 0 Å². The molecule has 1 saturated heterocycles. The van der Waals surface area contributed by atoms with Crippen LogP contribution >= 0.6 is 0 Å². The molecule has 1 rings (SSSR count). The quantitative estimate of drug-likeness (QED) is 0.672. The van der Waals surface area contributed by atoms with Crippen LogP contribution in [0.5, 0.6) is 0 Å². The molecule has 0 bridgehead atoms. The molecular formula is C9H17NO3. The van der Waals surface area contributed by atoms with Crippen LogP contribution in [0.4, 0.5) is 0 Å². The molecule has 0 aromatic carbocycles. The third kappa shape index (κ3) is 3.32. The molecule has 4 nitrogen and oxygen atoms in total. The van der Waals surface area contributed by atoms with Gasteiger partial charge in [-0.25, -0.2) is 0 Å². The van der Waals surface area contributed by atoms with Crippen molar-refractivity contribution in [1.29, 1.82) is 0 Å². The van der Waals surface area contributed by atoms with Crippen LogP contribution in [0.25, 0.3) is 0 Å². The van der Waals surface area contributed by atoms with Crippen LogP contribution in [-0.2, 0) is 9.53 Å². The summed E-state index contributed by atoms with van der Waals surface area (Å²) in [6.07, 6.45) is 2.70. The smallest absolute Gasteiger partial charge is 0.320 e. The van der Waals surface area contributed by atoms with Crippen LogP contribution in [0.2, 0.25) is 0 Å². The Balaban J connectivity index is 2.31. The number of carboxylic acids is 1. The lowest BCUT2D eigenvalue weighted by molar-refractivity contribution is -0.140. The predicted octanol–water partition coefficient (Wildman–Crippen LogP) is 0.476. The lowest BCUT2D eigenvalue weighted by atomic mass is 9.92.